The standard InChI is InChI=1S/C12H17N3O3S2/c1-9(11-4-3-7-20-11)14-15-12(19)13-8-17-5-6-18-10(2)16/h3-4,7H,5-6,8H2,1-2H3,(H2,13,15,19)/b14-9-. The molecule has 0 saturated heterocycles. The lowest BCUT2D eigenvalue weighted by atomic mass is 10.3. The first kappa shape index (κ1) is 16.5. The number of esters is 1. The second-order valence-corrected chi connectivity index (χ2v) is 5.04. The number of rotatable bonds is 7. The highest BCUT2D eigenvalue weighted by atomic mass is 32.1. The lowest BCUT2D eigenvalue weighted by molar-refractivity contribution is -0.142. The van der Waals surface area contributed by atoms with Crippen molar-refractivity contribution < 1.29 is 14.3 Å². The van der Waals surface area contributed by atoms with E-state index in [0.29, 0.717) is 11.7 Å². The molecular formula is C12H17N3O3S2. The molecule has 20 heavy (non-hydrogen) atoms. The Morgan fingerprint density at radius 3 is 2.90 bits per heavy atom. The van der Waals surface area contributed by atoms with Crippen LogP contribution in [0.4, 0.5) is 0 Å². The first-order valence-corrected chi connectivity index (χ1v) is 7.21. The van der Waals surface area contributed by atoms with Crippen molar-refractivity contribution in [3.63, 3.8) is 0 Å². The third kappa shape index (κ3) is 7.17. The van der Waals surface area contributed by atoms with E-state index in [1.165, 1.54) is 6.92 Å². The van der Waals surface area contributed by atoms with Crippen molar-refractivity contribution in [1.82, 2.24) is 10.7 Å². The monoisotopic (exact) mass is 315 g/mol. The summed E-state index contributed by atoms with van der Waals surface area (Å²) in [5.41, 5.74) is 3.59. The number of thiophene rings is 1. The number of hydrogen-bond donors (Lipinski definition) is 2. The molecule has 0 aliphatic rings. The van der Waals surface area contributed by atoms with Crippen LogP contribution in [-0.2, 0) is 14.3 Å². The SMILES string of the molecule is CC(=O)OCCOCNC(=S)N/N=C(/C)c1cccs1. The van der Waals surface area contributed by atoms with E-state index in [4.69, 9.17) is 21.7 Å². The first-order chi connectivity index (χ1) is 9.59. The topological polar surface area (TPSA) is 72.0 Å². The van der Waals surface area contributed by atoms with Crippen LogP contribution in [0, 0.1) is 0 Å². The predicted octanol–water partition coefficient (Wildman–Crippen LogP) is 1.47. The Morgan fingerprint density at radius 1 is 1.45 bits per heavy atom. The van der Waals surface area contributed by atoms with Crippen molar-refractivity contribution in [2.24, 2.45) is 5.10 Å². The Labute approximate surface area is 127 Å². The molecule has 0 aliphatic carbocycles. The highest BCUT2D eigenvalue weighted by Crippen LogP contribution is 2.08. The number of nitrogens with one attached hydrogen (secondary N) is 2. The van der Waals surface area contributed by atoms with Gasteiger partial charge in [0.05, 0.1) is 12.3 Å². The molecule has 0 amide bonds. The average Bonchev–Trinajstić information content (AvgIpc) is 2.93. The van der Waals surface area contributed by atoms with Gasteiger partial charge in [0.1, 0.15) is 13.3 Å². The fourth-order valence-corrected chi connectivity index (χ4v) is 1.93. The summed E-state index contributed by atoms with van der Waals surface area (Å²) in [6, 6.07) is 3.95. The van der Waals surface area contributed by atoms with E-state index >= 15 is 0 Å². The van der Waals surface area contributed by atoms with E-state index in [-0.39, 0.29) is 19.3 Å². The summed E-state index contributed by atoms with van der Waals surface area (Å²) >= 11 is 6.64. The molecule has 0 unspecified atom stereocenters. The summed E-state index contributed by atoms with van der Waals surface area (Å²) in [5, 5.41) is 9.34. The number of hydrogen-bond acceptors (Lipinski definition) is 6. The van der Waals surface area contributed by atoms with Gasteiger partial charge in [0.15, 0.2) is 5.11 Å². The Hall–Kier alpha value is -1.51. The largest absolute Gasteiger partial charge is 0.463 e. The fourth-order valence-electron chi connectivity index (χ4n) is 1.15. The summed E-state index contributed by atoms with van der Waals surface area (Å²) < 4.78 is 9.88. The lowest BCUT2D eigenvalue weighted by Gasteiger charge is -2.08. The van der Waals surface area contributed by atoms with Crippen LogP contribution in [0.5, 0.6) is 0 Å². The fraction of sp³-hybridized carbons (Fsp3) is 0.417. The van der Waals surface area contributed by atoms with Crippen molar-refractivity contribution >= 4 is 40.3 Å². The second kappa shape index (κ2) is 9.40. The van der Waals surface area contributed by atoms with Gasteiger partial charge in [-0.3, -0.25) is 10.2 Å². The number of carbonyl (C=O) groups excluding carboxylic acids is 1. The van der Waals surface area contributed by atoms with Gasteiger partial charge in [0.2, 0.25) is 0 Å². The molecule has 8 heteroatoms. The van der Waals surface area contributed by atoms with Crippen molar-refractivity contribution in [2.45, 2.75) is 13.8 Å². The minimum atomic E-state index is -0.322. The van der Waals surface area contributed by atoms with Crippen LogP contribution in [0.2, 0.25) is 0 Å². The Bertz CT molecular complexity index is 461. The van der Waals surface area contributed by atoms with E-state index in [0.717, 1.165) is 10.6 Å². The molecule has 0 radical (unpaired) electrons. The molecule has 1 heterocycles. The van der Waals surface area contributed by atoms with E-state index in [1.54, 1.807) is 11.3 Å². The van der Waals surface area contributed by atoms with E-state index in [1.807, 2.05) is 24.4 Å². The van der Waals surface area contributed by atoms with Gasteiger partial charge in [-0.2, -0.15) is 5.10 Å². The molecule has 1 aromatic rings. The van der Waals surface area contributed by atoms with Crippen LogP contribution in [0.15, 0.2) is 22.6 Å². The van der Waals surface area contributed by atoms with Crippen molar-refractivity contribution in [3.8, 4) is 0 Å². The van der Waals surface area contributed by atoms with Gasteiger partial charge in [-0.1, -0.05) is 6.07 Å². The van der Waals surface area contributed by atoms with Gasteiger partial charge >= 0.3 is 5.97 Å². The molecular weight excluding hydrogens is 298 g/mol. The molecule has 1 rings (SSSR count). The number of thiocarbonyl (C=S) groups is 1. The van der Waals surface area contributed by atoms with Crippen LogP contribution < -0.4 is 10.7 Å². The van der Waals surface area contributed by atoms with E-state index in [2.05, 4.69) is 15.8 Å². The molecule has 0 saturated carbocycles. The predicted molar refractivity (Wildman–Crippen MR) is 82.9 cm³/mol. The highest BCUT2D eigenvalue weighted by Gasteiger charge is 1.99. The Balaban J connectivity index is 2.12. The molecule has 0 bridgehead atoms. The zero-order chi connectivity index (χ0) is 14.8. The van der Waals surface area contributed by atoms with Crippen LogP contribution in [-0.4, -0.2) is 36.7 Å². The molecule has 6 nitrogen and oxygen atoms in total. The Kier molecular flexibility index (Phi) is 7.78. The quantitative estimate of drug-likeness (QED) is 0.198. The lowest BCUT2D eigenvalue weighted by Crippen LogP contribution is -2.34. The van der Waals surface area contributed by atoms with Gasteiger partial charge < -0.3 is 14.8 Å². The highest BCUT2D eigenvalue weighted by molar-refractivity contribution is 7.80. The smallest absolute Gasteiger partial charge is 0.302 e. The van der Waals surface area contributed by atoms with Crippen LogP contribution in [0.1, 0.15) is 18.7 Å². The second-order valence-electron chi connectivity index (χ2n) is 3.68. The van der Waals surface area contributed by atoms with Crippen LogP contribution in [0.25, 0.3) is 0 Å². The van der Waals surface area contributed by atoms with Crippen LogP contribution >= 0.6 is 23.6 Å². The third-order valence-corrected chi connectivity index (χ3v) is 3.28. The number of hydrazone groups is 1. The molecule has 0 aliphatic heterocycles. The molecule has 1 aromatic heterocycles. The van der Waals surface area contributed by atoms with Crippen molar-refractivity contribution in [2.75, 3.05) is 19.9 Å². The number of carbonyl (C=O) groups is 1. The molecule has 0 aromatic carbocycles. The van der Waals surface area contributed by atoms with Crippen LogP contribution in [0.3, 0.4) is 0 Å². The maximum absolute atomic E-state index is 10.5. The third-order valence-electron chi connectivity index (χ3n) is 2.07. The normalized spacial score (nSPS) is 11.0. The van der Waals surface area contributed by atoms with E-state index < -0.39 is 0 Å². The van der Waals surface area contributed by atoms with E-state index in [9.17, 15) is 4.79 Å². The maximum atomic E-state index is 10.5. The number of ether oxygens (including phenoxy) is 2. The summed E-state index contributed by atoms with van der Waals surface area (Å²) in [6.07, 6.45) is 0. The van der Waals surface area contributed by atoms with Gasteiger partial charge in [-0.25, -0.2) is 0 Å². The Morgan fingerprint density at radius 2 is 2.25 bits per heavy atom. The summed E-state index contributed by atoms with van der Waals surface area (Å²) in [7, 11) is 0. The molecule has 0 atom stereocenters. The molecule has 110 valence electrons. The molecule has 0 fully saturated rings. The molecule has 0 spiro atoms. The zero-order valence-electron chi connectivity index (χ0n) is 11.3. The van der Waals surface area contributed by atoms with Gasteiger partial charge in [-0.15, -0.1) is 11.3 Å². The summed E-state index contributed by atoms with van der Waals surface area (Å²) in [5.74, 6) is -0.322. The molecule has 2 N–H and O–H groups in total. The first-order valence-electron chi connectivity index (χ1n) is 5.92. The minimum absolute atomic E-state index is 0.223. The van der Waals surface area contributed by atoms with Gasteiger partial charge in [0, 0.05) is 11.8 Å². The summed E-state index contributed by atoms with van der Waals surface area (Å²) in [4.78, 5) is 11.6. The summed E-state index contributed by atoms with van der Waals surface area (Å²) in [6.45, 7) is 4.02. The minimum Gasteiger partial charge on any atom is -0.463 e. The van der Waals surface area contributed by atoms with Crippen molar-refractivity contribution in [1.29, 1.82) is 0 Å². The average molecular weight is 315 g/mol. The van der Waals surface area contributed by atoms with Gasteiger partial charge in [-0.05, 0) is 30.6 Å². The number of nitrogens with zero attached hydrogens (tertiary/aromatic N) is 1. The maximum Gasteiger partial charge on any atom is 0.302 e. The van der Waals surface area contributed by atoms with Gasteiger partial charge in [0.25, 0.3) is 0 Å². The zero-order valence-corrected chi connectivity index (χ0v) is 13.0. The van der Waals surface area contributed by atoms with Crippen molar-refractivity contribution in [3.05, 3.63) is 22.4 Å².